The minimum absolute atomic E-state index is 0. The van der Waals surface area contributed by atoms with Crippen LogP contribution in [0.4, 0.5) is 0 Å². The summed E-state index contributed by atoms with van der Waals surface area (Å²) in [5.74, 6) is -1.02. The minimum atomic E-state index is -0.839. The number of aryl methyl sites for hydroxylation is 1. The summed E-state index contributed by atoms with van der Waals surface area (Å²) in [5.41, 5.74) is 6.60. The zero-order chi connectivity index (χ0) is 10.7. The van der Waals surface area contributed by atoms with E-state index in [2.05, 4.69) is 4.98 Å². The first kappa shape index (κ1) is 17.6. The molecule has 5 nitrogen and oxygen atoms in total. The summed E-state index contributed by atoms with van der Waals surface area (Å²) in [6.07, 6.45) is 3.35. The Balaban J connectivity index is 0. The molecule has 2 unspecified atom stereocenters. The molecule has 94 valence electrons. The van der Waals surface area contributed by atoms with E-state index < -0.39 is 5.97 Å². The van der Waals surface area contributed by atoms with Gasteiger partial charge in [-0.3, -0.25) is 4.79 Å². The van der Waals surface area contributed by atoms with E-state index in [0.717, 1.165) is 5.69 Å². The Kier molecular flexibility index (Phi) is 8.24. The fourth-order valence-corrected chi connectivity index (χ4v) is 1.47. The highest BCUT2D eigenvalue weighted by Crippen LogP contribution is 2.21. The predicted molar refractivity (Wildman–Crippen MR) is 66.3 cm³/mol. The number of carbonyl (C=O) groups is 1. The van der Waals surface area contributed by atoms with Crippen molar-refractivity contribution in [2.24, 2.45) is 12.8 Å². The molecule has 1 aromatic rings. The predicted octanol–water partition coefficient (Wildman–Crippen LogP) is 1.17. The van der Waals surface area contributed by atoms with Gasteiger partial charge in [-0.05, 0) is 6.92 Å². The van der Waals surface area contributed by atoms with Crippen LogP contribution in [0.25, 0.3) is 0 Å². The van der Waals surface area contributed by atoms with Crippen molar-refractivity contribution in [2.75, 3.05) is 0 Å². The van der Waals surface area contributed by atoms with Crippen molar-refractivity contribution in [1.82, 2.24) is 9.55 Å². The first-order chi connectivity index (χ1) is 6.52. The number of hydrogen-bond acceptors (Lipinski definition) is 3. The van der Waals surface area contributed by atoms with Crippen LogP contribution < -0.4 is 5.73 Å². The van der Waals surface area contributed by atoms with Crippen molar-refractivity contribution in [1.29, 1.82) is 0 Å². The second-order valence-corrected chi connectivity index (χ2v) is 3.49. The van der Waals surface area contributed by atoms with Gasteiger partial charge in [0.2, 0.25) is 0 Å². The molecule has 1 rings (SSSR count). The second kappa shape index (κ2) is 7.49. The lowest BCUT2D eigenvalue weighted by molar-refractivity contribution is -0.137. The lowest BCUT2D eigenvalue weighted by atomic mass is 9.95. The molecule has 0 aromatic carbocycles. The van der Waals surface area contributed by atoms with Crippen molar-refractivity contribution < 1.29 is 9.90 Å². The van der Waals surface area contributed by atoms with Crippen molar-refractivity contribution in [2.45, 2.75) is 25.3 Å². The molecule has 0 spiro atoms. The van der Waals surface area contributed by atoms with Crippen LogP contribution in [-0.4, -0.2) is 26.7 Å². The van der Waals surface area contributed by atoms with Gasteiger partial charge in [0.25, 0.3) is 0 Å². The zero-order valence-corrected chi connectivity index (χ0v) is 10.8. The number of hydrogen-bond donors (Lipinski definition) is 2. The fraction of sp³-hybridized carbons (Fsp3) is 0.556. The van der Waals surface area contributed by atoms with E-state index in [1.165, 1.54) is 0 Å². The van der Waals surface area contributed by atoms with Crippen LogP contribution in [0.2, 0.25) is 0 Å². The summed E-state index contributed by atoms with van der Waals surface area (Å²) in [7, 11) is 1.83. The van der Waals surface area contributed by atoms with Crippen LogP contribution in [0.5, 0.6) is 0 Å². The number of nitrogens with two attached hydrogens (primary N) is 1. The van der Waals surface area contributed by atoms with Crippen LogP contribution in [0, 0.1) is 0 Å². The monoisotopic (exact) mass is 269 g/mol. The van der Waals surface area contributed by atoms with Crippen molar-refractivity contribution in [3.63, 3.8) is 0 Å². The van der Waals surface area contributed by atoms with Gasteiger partial charge in [-0.1, -0.05) is 0 Å². The summed E-state index contributed by atoms with van der Waals surface area (Å²) in [6.45, 7) is 1.81. The molecule has 0 bridgehead atoms. The van der Waals surface area contributed by atoms with Gasteiger partial charge in [0, 0.05) is 30.9 Å². The maximum atomic E-state index is 10.6. The number of aliphatic carboxylic acids is 1. The molecule has 0 radical (unpaired) electrons. The average molecular weight is 270 g/mol. The normalized spacial score (nSPS) is 13.2. The highest BCUT2D eigenvalue weighted by Gasteiger charge is 2.21. The highest BCUT2D eigenvalue weighted by molar-refractivity contribution is 5.85. The topological polar surface area (TPSA) is 81.1 Å². The quantitative estimate of drug-likeness (QED) is 0.860. The van der Waals surface area contributed by atoms with E-state index in [1.807, 2.05) is 7.05 Å². The van der Waals surface area contributed by atoms with Crippen molar-refractivity contribution in [3.8, 4) is 0 Å². The number of nitrogens with zero attached hydrogens (tertiary/aromatic N) is 2. The summed E-state index contributed by atoms with van der Waals surface area (Å²) in [6, 6.07) is -0.193. The maximum Gasteiger partial charge on any atom is 0.304 e. The lowest BCUT2D eigenvalue weighted by Gasteiger charge is -2.18. The smallest absolute Gasteiger partial charge is 0.304 e. The third-order valence-corrected chi connectivity index (χ3v) is 2.26. The van der Waals surface area contributed by atoms with Crippen LogP contribution >= 0.6 is 24.8 Å². The molecule has 0 saturated carbocycles. The molecule has 0 saturated heterocycles. The number of aromatic nitrogens is 2. The Morgan fingerprint density at radius 3 is 2.50 bits per heavy atom. The number of halogens is 2. The Hall–Kier alpha value is -0.780. The van der Waals surface area contributed by atoms with Gasteiger partial charge >= 0.3 is 5.97 Å². The van der Waals surface area contributed by atoms with Gasteiger partial charge in [-0.25, -0.2) is 4.98 Å². The van der Waals surface area contributed by atoms with E-state index in [0.29, 0.717) is 0 Å². The molecule has 0 aliphatic heterocycles. The largest absolute Gasteiger partial charge is 0.481 e. The van der Waals surface area contributed by atoms with Gasteiger partial charge < -0.3 is 15.4 Å². The van der Waals surface area contributed by atoms with Crippen LogP contribution in [0.15, 0.2) is 12.5 Å². The van der Waals surface area contributed by atoms with Crippen LogP contribution in [0.3, 0.4) is 0 Å². The van der Waals surface area contributed by atoms with Crippen LogP contribution in [0.1, 0.15) is 25.0 Å². The standard InChI is InChI=1S/C9H15N3O2.2ClH/c1-6(10)7(3-9(13)14)8-4-11-5-12(8)2;;/h4-7H,3,10H2,1-2H3,(H,13,14);2*1H. The molecular weight excluding hydrogens is 253 g/mol. The van der Waals surface area contributed by atoms with E-state index >= 15 is 0 Å². The number of imidazole rings is 1. The lowest BCUT2D eigenvalue weighted by Crippen LogP contribution is -2.28. The Bertz CT molecular complexity index is 328. The molecule has 1 heterocycles. The van der Waals surface area contributed by atoms with Gasteiger partial charge in [-0.15, -0.1) is 24.8 Å². The molecule has 0 amide bonds. The second-order valence-electron chi connectivity index (χ2n) is 3.49. The molecule has 16 heavy (non-hydrogen) atoms. The van der Waals surface area contributed by atoms with Gasteiger partial charge in [0.1, 0.15) is 0 Å². The van der Waals surface area contributed by atoms with E-state index in [1.54, 1.807) is 24.0 Å². The number of carboxylic acids is 1. The molecule has 0 aliphatic rings. The summed E-state index contributed by atoms with van der Waals surface area (Å²) >= 11 is 0. The van der Waals surface area contributed by atoms with Gasteiger partial charge in [-0.2, -0.15) is 0 Å². The molecule has 3 N–H and O–H groups in total. The van der Waals surface area contributed by atoms with Crippen molar-refractivity contribution >= 4 is 30.8 Å². The van der Waals surface area contributed by atoms with E-state index in [9.17, 15) is 4.79 Å². The Morgan fingerprint density at radius 1 is 1.62 bits per heavy atom. The molecule has 0 aliphatic carbocycles. The summed E-state index contributed by atoms with van der Waals surface area (Å²) in [4.78, 5) is 14.6. The highest BCUT2D eigenvalue weighted by atomic mass is 35.5. The number of carboxylic acid groups (broad SMARTS) is 1. The SMILES string of the molecule is CC(N)C(CC(=O)O)c1cncn1C.Cl.Cl. The Morgan fingerprint density at radius 2 is 2.19 bits per heavy atom. The van der Waals surface area contributed by atoms with E-state index in [-0.39, 0.29) is 43.2 Å². The Labute approximate surface area is 107 Å². The fourth-order valence-electron chi connectivity index (χ4n) is 1.47. The van der Waals surface area contributed by atoms with E-state index in [4.69, 9.17) is 10.8 Å². The number of rotatable bonds is 4. The van der Waals surface area contributed by atoms with Gasteiger partial charge in [0.15, 0.2) is 0 Å². The maximum absolute atomic E-state index is 10.6. The van der Waals surface area contributed by atoms with Crippen LogP contribution in [-0.2, 0) is 11.8 Å². The molecule has 7 heteroatoms. The summed E-state index contributed by atoms with van der Waals surface area (Å²) < 4.78 is 1.80. The first-order valence-electron chi connectivity index (χ1n) is 4.46. The minimum Gasteiger partial charge on any atom is -0.481 e. The first-order valence-corrected chi connectivity index (χ1v) is 4.46. The molecule has 0 fully saturated rings. The van der Waals surface area contributed by atoms with Gasteiger partial charge in [0.05, 0.1) is 12.7 Å². The average Bonchev–Trinajstić information content (AvgIpc) is 2.46. The molecular formula is C9H17Cl2N3O2. The zero-order valence-electron chi connectivity index (χ0n) is 9.16. The summed E-state index contributed by atoms with van der Waals surface area (Å²) in [5, 5.41) is 8.74. The molecule has 2 atom stereocenters. The molecule has 1 aromatic heterocycles. The van der Waals surface area contributed by atoms with Crippen molar-refractivity contribution in [3.05, 3.63) is 18.2 Å². The third kappa shape index (κ3) is 4.38. The third-order valence-electron chi connectivity index (χ3n) is 2.26.